The van der Waals surface area contributed by atoms with Crippen LogP contribution in [0.15, 0.2) is 0 Å². The van der Waals surface area contributed by atoms with E-state index in [-0.39, 0.29) is 23.2 Å². The Morgan fingerprint density at radius 1 is 1.18 bits per heavy atom. The minimum Gasteiger partial charge on any atom is 2.00 e. The van der Waals surface area contributed by atoms with Gasteiger partial charge in [0, 0.05) is 6.61 Å². The molecule has 0 aliphatic rings. The summed E-state index contributed by atoms with van der Waals surface area (Å²) in [7, 11) is 0. The van der Waals surface area contributed by atoms with Gasteiger partial charge in [0.2, 0.25) is 0 Å². The molecule has 0 saturated carbocycles. The molecular formula is C10H13FeO6+. The van der Waals surface area contributed by atoms with E-state index >= 15 is 0 Å². The van der Waals surface area contributed by atoms with Gasteiger partial charge in [-0.2, -0.15) is 0 Å². The molecule has 0 aromatic rings. The Morgan fingerprint density at radius 2 is 1.59 bits per heavy atom. The second-order valence-corrected chi connectivity index (χ2v) is 2.28. The van der Waals surface area contributed by atoms with Gasteiger partial charge in [-0.3, -0.25) is 0 Å². The summed E-state index contributed by atoms with van der Waals surface area (Å²) in [5.74, 6) is 0. The summed E-state index contributed by atoms with van der Waals surface area (Å²) in [5.41, 5.74) is 0. The van der Waals surface area contributed by atoms with E-state index in [0.717, 1.165) is 19.3 Å². The summed E-state index contributed by atoms with van der Waals surface area (Å²) in [5, 5.41) is 8.79. The van der Waals surface area contributed by atoms with E-state index in [1.807, 2.05) is 0 Å². The molecule has 0 aliphatic heterocycles. The molecule has 96 valence electrons. The maximum atomic E-state index is 9.51. The number of aliphatic hydroxyl groups is 1. The number of rotatable bonds is 6. The molecule has 6 nitrogen and oxygen atoms in total. The molecule has 7 heteroatoms. The van der Waals surface area contributed by atoms with E-state index in [9.17, 15) is 4.79 Å². The summed E-state index contributed by atoms with van der Waals surface area (Å²) in [6, 6.07) is 0. The van der Waals surface area contributed by atoms with Crippen LogP contribution in [0.3, 0.4) is 0 Å². The van der Waals surface area contributed by atoms with Crippen LogP contribution in [0.4, 0.5) is 0 Å². The van der Waals surface area contributed by atoms with E-state index in [4.69, 9.17) is 19.1 Å². The van der Waals surface area contributed by atoms with Crippen molar-refractivity contribution in [2.75, 3.05) is 6.61 Å². The van der Waals surface area contributed by atoms with Gasteiger partial charge in [0.15, 0.2) is 0 Å². The Balaban J connectivity index is -0.0000000594. The Morgan fingerprint density at radius 3 is 1.88 bits per heavy atom. The summed E-state index contributed by atoms with van der Waals surface area (Å²) in [4.78, 5) is 9.51. The van der Waals surface area contributed by atoms with Crippen molar-refractivity contribution < 1.29 is 45.7 Å². The van der Waals surface area contributed by atoms with Gasteiger partial charge < -0.3 is 14.6 Å². The normalized spacial score (nSPS) is 7.76. The molecule has 0 spiro atoms. The zero-order valence-electron chi connectivity index (χ0n) is 9.25. The average molecular weight is 285 g/mol. The SMILES string of the molecule is C[C@H](O)CCCCO[C-]=O.[C-]#[O+].[C-]#[O+].[C-]#[O+].[Fe+2]. The molecule has 1 N–H and O–H groups in total. The quantitative estimate of drug-likeness (QED) is 0.332. The van der Waals surface area contributed by atoms with Gasteiger partial charge >= 0.3 is 51.0 Å². The number of aliphatic hydroxyl groups excluding tert-OH is 1. The third-order valence-corrected chi connectivity index (χ3v) is 1.18. The van der Waals surface area contributed by atoms with Crippen molar-refractivity contribution in [2.24, 2.45) is 0 Å². The van der Waals surface area contributed by atoms with Crippen LogP contribution in [0.2, 0.25) is 0 Å². The second-order valence-electron chi connectivity index (χ2n) is 2.28. The van der Waals surface area contributed by atoms with E-state index in [0.29, 0.717) is 6.61 Å². The summed E-state index contributed by atoms with van der Waals surface area (Å²) in [6.07, 6.45) is 2.21. The summed E-state index contributed by atoms with van der Waals surface area (Å²) in [6.45, 7) is 17.0. The van der Waals surface area contributed by atoms with Gasteiger partial charge in [-0.05, 0) is 26.2 Å². The van der Waals surface area contributed by atoms with Crippen molar-refractivity contribution in [3.63, 3.8) is 0 Å². The first kappa shape index (κ1) is 29.8. The fourth-order valence-electron chi connectivity index (χ4n) is 0.656. The number of unbranched alkanes of at least 4 members (excludes halogenated alkanes) is 1. The largest absolute Gasteiger partial charge is 2.00 e. The Labute approximate surface area is 111 Å². The van der Waals surface area contributed by atoms with Crippen molar-refractivity contribution in [3.05, 3.63) is 20.0 Å². The third kappa shape index (κ3) is 69.1. The van der Waals surface area contributed by atoms with Crippen LogP contribution in [0, 0.1) is 20.0 Å². The van der Waals surface area contributed by atoms with Gasteiger partial charge in [0.05, 0.1) is 6.10 Å². The Bertz CT molecular complexity index is 161. The monoisotopic (exact) mass is 285 g/mol. The van der Waals surface area contributed by atoms with Gasteiger partial charge in [-0.15, -0.1) is 0 Å². The van der Waals surface area contributed by atoms with Gasteiger partial charge in [-0.25, -0.2) is 0 Å². The van der Waals surface area contributed by atoms with Gasteiger partial charge in [0.25, 0.3) is 0 Å². The summed E-state index contributed by atoms with van der Waals surface area (Å²) < 4.78 is 26.8. The first-order chi connectivity index (χ1) is 7.77. The molecule has 0 aliphatic carbocycles. The van der Waals surface area contributed by atoms with Crippen LogP contribution < -0.4 is 0 Å². The number of hydrogen-bond donors (Lipinski definition) is 1. The minimum absolute atomic E-state index is 0. The molecule has 0 heterocycles. The molecule has 0 aromatic heterocycles. The van der Waals surface area contributed by atoms with Gasteiger partial charge in [-0.1, -0.05) is 6.47 Å². The van der Waals surface area contributed by atoms with E-state index < -0.39 is 0 Å². The molecular weight excluding hydrogens is 272 g/mol. The van der Waals surface area contributed by atoms with Crippen LogP contribution in [0.5, 0.6) is 0 Å². The molecule has 17 heavy (non-hydrogen) atoms. The van der Waals surface area contributed by atoms with Gasteiger partial charge in [0.1, 0.15) is 0 Å². The number of carbonyl (C=O) groups excluding carboxylic acids is 1. The standard InChI is InChI=1S/C7H13O3.3CO.Fe/c1-7(9)4-2-3-5-10-6-8;3*1-2;/h7,9H,2-5H2,1H3;;;;/q-1;;;;+2/t7-;;;;/m0..../s1. The van der Waals surface area contributed by atoms with Crippen molar-refractivity contribution >= 4 is 6.47 Å². The predicted octanol–water partition coefficient (Wildman–Crippen LogP) is 0.506. The minimum atomic E-state index is -0.250. The Kier molecular flexibility index (Phi) is 80.1. The average Bonchev–Trinajstić information content (AvgIpc) is 2.36. The maximum Gasteiger partial charge on any atom is 2.00 e. The second kappa shape index (κ2) is 45.6. The summed E-state index contributed by atoms with van der Waals surface area (Å²) >= 11 is 0. The van der Waals surface area contributed by atoms with Crippen LogP contribution in [-0.4, -0.2) is 24.3 Å². The van der Waals surface area contributed by atoms with Crippen molar-refractivity contribution in [1.29, 1.82) is 0 Å². The predicted molar refractivity (Wildman–Crippen MR) is 49.0 cm³/mol. The molecule has 0 saturated heterocycles. The molecule has 0 radical (unpaired) electrons. The van der Waals surface area contributed by atoms with Crippen LogP contribution in [0.25, 0.3) is 0 Å². The van der Waals surface area contributed by atoms with Crippen LogP contribution in [-0.2, 0) is 40.6 Å². The first-order valence-electron chi connectivity index (χ1n) is 4.05. The van der Waals surface area contributed by atoms with Crippen LogP contribution in [0.1, 0.15) is 26.2 Å². The maximum absolute atomic E-state index is 9.51. The third-order valence-electron chi connectivity index (χ3n) is 1.18. The molecule has 1 atom stereocenters. The first-order valence-corrected chi connectivity index (χ1v) is 4.05. The van der Waals surface area contributed by atoms with E-state index in [2.05, 4.69) is 24.7 Å². The molecule has 0 fully saturated rings. The molecule has 0 rings (SSSR count). The number of ether oxygens (including phenoxy) is 1. The van der Waals surface area contributed by atoms with E-state index in [1.165, 1.54) is 6.47 Å². The van der Waals surface area contributed by atoms with Crippen molar-refractivity contribution in [1.82, 2.24) is 0 Å². The molecule has 0 aromatic carbocycles. The van der Waals surface area contributed by atoms with Crippen LogP contribution >= 0.6 is 0 Å². The topological polar surface area (TPSA) is 106 Å². The molecule has 0 amide bonds. The fraction of sp³-hybridized carbons (Fsp3) is 0.600. The fourth-order valence-corrected chi connectivity index (χ4v) is 0.656. The molecule has 0 unspecified atom stereocenters. The van der Waals surface area contributed by atoms with Crippen molar-refractivity contribution in [2.45, 2.75) is 32.3 Å². The Hall–Kier alpha value is -0.831. The van der Waals surface area contributed by atoms with E-state index in [1.54, 1.807) is 6.92 Å². The zero-order chi connectivity index (χ0) is 13.8. The van der Waals surface area contributed by atoms with Crippen molar-refractivity contribution in [3.8, 4) is 0 Å². The molecule has 0 bridgehead atoms. The number of hydrogen-bond acceptors (Lipinski definition) is 3. The smallest absolute Gasteiger partial charge is 2.00 e. The zero-order valence-corrected chi connectivity index (χ0v) is 10.4.